The summed E-state index contributed by atoms with van der Waals surface area (Å²) in [6.45, 7) is 7.46. The first-order valence-corrected chi connectivity index (χ1v) is 11.5. The van der Waals surface area contributed by atoms with Crippen molar-refractivity contribution in [2.45, 2.75) is 39.4 Å². The number of carbonyl (C=O) groups excluding carboxylic acids is 1. The largest absolute Gasteiger partial charge is 0.504 e. The van der Waals surface area contributed by atoms with Crippen molar-refractivity contribution in [2.75, 3.05) is 26.8 Å². The first-order valence-electron chi connectivity index (χ1n) is 11.5. The number of ether oxygens (including phenoxy) is 2. The third-order valence-electron chi connectivity index (χ3n) is 5.94. The van der Waals surface area contributed by atoms with E-state index >= 15 is 0 Å². The van der Waals surface area contributed by atoms with Gasteiger partial charge in [-0.25, -0.2) is 0 Å². The van der Waals surface area contributed by atoms with E-state index in [0.29, 0.717) is 23.7 Å². The molecule has 180 valence electrons. The molecule has 3 aromatic rings. The molecule has 1 atom stereocenters. The Labute approximate surface area is 199 Å². The van der Waals surface area contributed by atoms with Gasteiger partial charge < -0.3 is 24.5 Å². The van der Waals surface area contributed by atoms with Gasteiger partial charge in [-0.15, -0.1) is 10.2 Å². The summed E-state index contributed by atoms with van der Waals surface area (Å²) in [6, 6.07) is 12.3. The Balaban J connectivity index is 1.41. The lowest BCUT2D eigenvalue weighted by Crippen LogP contribution is -2.30. The molecule has 9 heteroatoms. The van der Waals surface area contributed by atoms with Crippen molar-refractivity contribution in [2.24, 2.45) is 0 Å². The van der Waals surface area contributed by atoms with Crippen LogP contribution >= 0.6 is 0 Å². The molecule has 1 amide bonds. The van der Waals surface area contributed by atoms with Crippen LogP contribution in [0.1, 0.15) is 47.5 Å². The van der Waals surface area contributed by atoms with E-state index in [-0.39, 0.29) is 17.7 Å². The van der Waals surface area contributed by atoms with Crippen LogP contribution in [0, 0.1) is 0 Å². The van der Waals surface area contributed by atoms with Gasteiger partial charge in [0.25, 0.3) is 5.91 Å². The van der Waals surface area contributed by atoms with E-state index in [2.05, 4.69) is 25.0 Å². The number of aromatic nitrogens is 3. The number of aromatic hydroxyl groups is 1. The van der Waals surface area contributed by atoms with Crippen molar-refractivity contribution < 1.29 is 19.4 Å². The number of methoxy groups -OCH3 is 1. The number of carbonyl (C=O) groups is 1. The number of nitrogens with one attached hydrogen (secondary N) is 1. The van der Waals surface area contributed by atoms with Crippen LogP contribution in [-0.4, -0.2) is 57.5 Å². The fourth-order valence-electron chi connectivity index (χ4n) is 4.16. The summed E-state index contributed by atoms with van der Waals surface area (Å²) in [6.07, 6.45) is 0.764. The average molecular weight is 466 g/mol. The van der Waals surface area contributed by atoms with Crippen LogP contribution in [0.3, 0.4) is 0 Å². The number of amides is 1. The third kappa shape index (κ3) is 5.31. The molecule has 1 aliphatic heterocycles. The molecule has 34 heavy (non-hydrogen) atoms. The van der Waals surface area contributed by atoms with Crippen molar-refractivity contribution >= 4 is 5.91 Å². The van der Waals surface area contributed by atoms with Crippen molar-refractivity contribution in [3.05, 3.63) is 65.2 Å². The lowest BCUT2D eigenvalue weighted by Gasteiger charge is -2.21. The molecule has 0 saturated carbocycles. The van der Waals surface area contributed by atoms with E-state index in [1.54, 1.807) is 37.4 Å². The fourth-order valence-corrected chi connectivity index (χ4v) is 4.16. The Morgan fingerprint density at radius 1 is 1.18 bits per heavy atom. The van der Waals surface area contributed by atoms with Crippen molar-refractivity contribution in [3.63, 3.8) is 0 Å². The Hall–Kier alpha value is -3.59. The highest BCUT2D eigenvalue weighted by Crippen LogP contribution is 2.27. The summed E-state index contributed by atoms with van der Waals surface area (Å²) in [5.41, 5.74) is 1.62. The van der Waals surface area contributed by atoms with E-state index in [1.807, 2.05) is 26.0 Å². The first kappa shape index (κ1) is 23.6. The highest BCUT2D eigenvalue weighted by molar-refractivity contribution is 5.94. The quantitative estimate of drug-likeness (QED) is 0.527. The van der Waals surface area contributed by atoms with Gasteiger partial charge in [0.2, 0.25) is 0 Å². The van der Waals surface area contributed by atoms with Gasteiger partial charge in [0.15, 0.2) is 17.3 Å². The summed E-state index contributed by atoms with van der Waals surface area (Å²) in [5.74, 6) is 2.78. The number of benzene rings is 2. The standard InChI is InChI=1S/C25H31N5O4/c1-4-34-22-14-18(8-9-21(22)31)16-29-11-10-23-27-28-24(30(23)13-12-29)17(2)26-25(32)19-6-5-7-20(15-19)33-3/h5-9,14-15,17,31H,4,10-13,16H2,1-3H3,(H,26,32)/t17-/m0/s1. The molecule has 0 saturated heterocycles. The molecule has 4 rings (SSSR count). The topological polar surface area (TPSA) is 102 Å². The number of hydrogen-bond acceptors (Lipinski definition) is 7. The Morgan fingerprint density at radius 3 is 2.82 bits per heavy atom. The van der Waals surface area contributed by atoms with Crippen molar-refractivity contribution in [1.29, 1.82) is 0 Å². The van der Waals surface area contributed by atoms with Gasteiger partial charge in [-0.3, -0.25) is 9.69 Å². The highest BCUT2D eigenvalue weighted by Gasteiger charge is 2.23. The van der Waals surface area contributed by atoms with E-state index < -0.39 is 0 Å². The second kappa shape index (κ2) is 10.6. The summed E-state index contributed by atoms with van der Waals surface area (Å²) in [5, 5.41) is 21.8. The predicted molar refractivity (Wildman–Crippen MR) is 127 cm³/mol. The van der Waals surface area contributed by atoms with Crippen LogP contribution in [0.2, 0.25) is 0 Å². The lowest BCUT2D eigenvalue weighted by atomic mass is 10.2. The number of phenols is 1. The van der Waals surface area contributed by atoms with Crippen LogP contribution in [-0.2, 0) is 19.5 Å². The molecule has 0 radical (unpaired) electrons. The normalized spacial score (nSPS) is 14.7. The molecule has 2 aromatic carbocycles. The van der Waals surface area contributed by atoms with Crippen molar-refractivity contribution in [3.8, 4) is 17.2 Å². The number of phenolic OH excluding ortho intramolecular Hbond substituents is 1. The molecular weight excluding hydrogens is 434 g/mol. The average Bonchev–Trinajstić information content (AvgIpc) is 3.15. The smallest absolute Gasteiger partial charge is 0.251 e. The highest BCUT2D eigenvalue weighted by atomic mass is 16.5. The molecule has 9 nitrogen and oxygen atoms in total. The Bertz CT molecular complexity index is 1150. The second-order valence-corrected chi connectivity index (χ2v) is 8.31. The predicted octanol–water partition coefficient (Wildman–Crippen LogP) is 2.94. The zero-order chi connectivity index (χ0) is 24.1. The Morgan fingerprint density at radius 2 is 2.03 bits per heavy atom. The monoisotopic (exact) mass is 465 g/mol. The molecule has 1 aromatic heterocycles. The molecule has 2 heterocycles. The minimum atomic E-state index is -0.294. The summed E-state index contributed by atoms with van der Waals surface area (Å²) >= 11 is 0. The van der Waals surface area contributed by atoms with Gasteiger partial charge in [-0.2, -0.15) is 0 Å². The molecule has 0 unspecified atom stereocenters. The van der Waals surface area contributed by atoms with Crippen LogP contribution in [0.15, 0.2) is 42.5 Å². The molecule has 0 bridgehead atoms. The number of nitrogens with zero attached hydrogens (tertiary/aromatic N) is 4. The van der Waals surface area contributed by atoms with E-state index in [9.17, 15) is 9.90 Å². The first-order chi connectivity index (χ1) is 16.5. The van der Waals surface area contributed by atoms with E-state index in [1.165, 1.54) is 0 Å². The minimum Gasteiger partial charge on any atom is -0.504 e. The van der Waals surface area contributed by atoms with Gasteiger partial charge in [-0.1, -0.05) is 12.1 Å². The van der Waals surface area contributed by atoms with Crippen LogP contribution in [0.4, 0.5) is 0 Å². The molecule has 2 N–H and O–H groups in total. The minimum absolute atomic E-state index is 0.155. The maximum atomic E-state index is 12.7. The number of hydrogen-bond donors (Lipinski definition) is 2. The van der Waals surface area contributed by atoms with E-state index in [0.717, 1.165) is 49.8 Å². The van der Waals surface area contributed by atoms with Gasteiger partial charge in [0.05, 0.1) is 19.8 Å². The maximum absolute atomic E-state index is 12.7. The fraction of sp³-hybridized carbons (Fsp3) is 0.400. The third-order valence-corrected chi connectivity index (χ3v) is 5.94. The number of fused-ring (bicyclic) bond motifs is 1. The van der Waals surface area contributed by atoms with Gasteiger partial charge in [0, 0.05) is 38.2 Å². The second-order valence-electron chi connectivity index (χ2n) is 8.31. The van der Waals surface area contributed by atoms with Gasteiger partial charge >= 0.3 is 0 Å². The summed E-state index contributed by atoms with van der Waals surface area (Å²) in [4.78, 5) is 15.1. The van der Waals surface area contributed by atoms with E-state index in [4.69, 9.17) is 9.47 Å². The van der Waals surface area contributed by atoms with Crippen LogP contribution in [0.5, 0.6) is 17.2 Å². The SMILES string of the molecule is CCOc1cc(CN2CCc3nnc([C@H](C)NC(=O)c4cccc(OC)c4)n3CC2)ccc1O. The number of rotatable bonds is 8. The van der Waals surface area contributed by atoms with Gasteiger partial charge in [0.1, 0.15) is 11.6 Å². The zero-order valence-corrected chi connectivity index (χ0v) is 19.8. The van der Waals surface area contributed by atoms with Crippen LogP contribution in [0.25, 0.3) is 0 Å². The summed E-state index contributed by atoms with van der Waals surface area (Å²) in [7, 11) is 1.58. The molecular formula is C25H31N5O4. The summed E-state index contributed by atoms with van der Waals surface area (Å²) < 4.78 is 12.8. The Kier molecular flexibility index (Phi) is 7.32. The van der Waals surface area contributed by atoms with Crippen LogP contribution < -0.4 is 14.8 Å². The van der Waals surface area contributed by atoms with Gasteiger partial charge in [-0.05, 0) is 49.7 Å². The molecule has 0 spiro atoms. The molecule has 0 fully saturated rings. The van der Waals surface area contributed by atoms with Crippen molar-refractivity contribution in [1.82, 2.24) is 25.0 Å². The molecule has 1 aliphatic rings. The zero-order valence-electron chi connectivity index (χ0n) is 19.8. The maximum Gasteiger partial charge on any atom is 0.251 e. The molecule has 0 aliphatic carbocycles. The lowest BCUT2D eigenvalue weighted by molar-refractivity contribution is 0.0937.